The van der Waals surface area contributed by atoms with E-state index in [0.717, 1.165) is 42.4 Å². The lowest BCUT2D eigenvalue weighted by Crippen LogP contribution is -2.61. The number of hydrogen-bond donors (Lipinski definition) is 0. The maximum Gasteiger partial charge on any atom is 0.226 e. The Morgan fingerprint density at radius 1 is 1.55 bits per heavy atom. The second kappa shape index (κ2) is 5.49. The highest BCUT2D eigenvalue weighted by Gasteiger charge is 2.53. The second-order valence-corrected chi connectivity index (χ2v) is 9.55. The van der Waals surface area contributed by atoms with Crippen LogP contribution in [0.15, 0.2) is 5.38 Å². The first-order chi connectivity index (χ1) is 10.5. The molecule has 3 heterocycles. The molecular weight excluding hydrogens is 316 g/mol. The van der Waals surface area contributed by atoms with Gasteiger partial charge in [0.25, 0.3) is 0 Å². The fourth-order valence-electron chi connectivity index (χ4n) is 3.51. The van der Waals surface area contributed by atoms with Crippen molar-refractivity contribution in [2.45, 2.75) is 44.1 Å². The number of ether oxygens (including phenoxy) is 1. The number of aromatic nitrogens is 1. The molecule has 0 radical (unpaired) electrons. The van der Waals surface area contributed by atoms with Gasteiger partial charge in [0, 0.05) is 30.1 Å². The van der Waals surface area contributed by atoms with Gasteiger partial charge in [-0.2, -0.15) is 0 Å². The predicted molar refractivity (Wildman–Crippen MR) is 89.1 cm³/mol. The van der Waals surface area contributed by atoms with Crippen LogP contribution in [0.2, 0.25) is 0 Å². The minimum absolute atomic E-state index is 0.274. The van der Waals surface area contributed by atoms with E-state index >= 15 is 0 Å². The van der Waals surface area contributed by atoms with E-state index in [1.165, 1.54) is 0 Å². The molecule has 3 aliphatic rings. The normalized spacial score (nSPS) is 32.3. The molecule has 1 aliphatic carbocycles. The molecule has 1 aromatic rings. The average Bonchev–Trinajstić information content (AvgIpc) is 2.87. The molecule has 2 aliphatic heterocycles. The van der Waals surface area contributed by atoms with Crippen LogP contribution in [0.5, 0.6) is 0 Å². The fourth-order valence-corrected chi connectivity index (χ4v) is 5.66. The molecule has 1 spiro atoms. The molecule has 0 aromatic carbocycles. The van der Waals surface area contributed by atoms with E-state index in [1.54, 1.807) is 11.3 Å². The number of thiazole rings is 1. The SMILES string of the molecule is Cc1nc(CO[C@@H]2CSC3(C2)CN(C(=O)[C@@H]2C[C@@H]2C)C3)cs1. The summed E-state index contributed by atoms with van der Waals surface area (Å²) in [5.74, 6) is 2.37. The lowest BCUT2D eigenvalue weighted by atomic mass is 9.92. The van der Waals surface area contributed by atoms with Crippen molar-refractivity contribution in [1.29, 1.82) is 0 Å². The van der Waals surface area contributed by atoms with Crippen molar-refractivity contribution in [3.63, 3.8) is 0 Å². The van der Waals surface area contributed by atoms with Crippen molar-refractivity contribution in [1.82, 2.24) is 9.88 Å². The Labute approximate surface area is 139 Å². The minimum Gasteiger partial charge on any atom is -0.371 e. The Bertz CT molecular complexity index is 582. The molecule has 120 valence electrons. The molecular formula is C16H22N2O2S2. The van der Waals surface area contributed by atoms with Crippen molar-refractivity contribution >= 4 is 29.0 Å². The summed E-state index contributed by atoms with van der Waals surface area (Å²) in [6, 6.07) is 0. The summed E-state index contributed by atoms with van der Waals surface area (Å²) in [4.78, 5) is 18.7. The average molecular weight is 338 g/mol. The third-order valence-corrected chi connectivity index (χ3v) is 7.40. The third kappa shape index (κ3) is 2.81. The standard InChI is InChI=1S/C16H22N2O2S2/c1-10-3-14(10)15(19)18-8-16(9-18)4-13(7-22-16)20-5-12-6-21-11(2)17-12/h6,10,13-14H,3-5,7-9H2,1-2H3/t10-,13-,14+/m0/s1. The number of aryl methyl sites for hydroxylation is 1. The molecule has 0 unspecified atom stereocenters. The molecule has 22 heavy (non-hydrogen) atoms. The maximum atomic E-state index is 12.2. The first kappa shape index (κ1) is 15.0. The molecule has 0 N–H and O–H groups in total. The van der Waals surface area contributed by atoms with E-state index < -0.39 is 0 Å². The van der Waals surface area contributed by atoms with Crippen LogP contribution in [0.3, 0.4) is 0 Å². The smallest absolute Gasteiger partial charge is 0.226 e. The van der Waals surface area contributed by atoms with Gasteiger partial charge in [-0.15, -0.1) is 23.1 Å². The van der Waals surface area contributed by atoms with Crippen LogP contribution in [0.25, 0.3) is 0 Å². The lowest BCUT2D eigenvalue weighted by molar-refractivity contribution is -0.138. The number of carbonyl (C=O) groups is 1. The minimum atomic E-state index is 0.274. The van der Waals surface area contributed by atoms with Crippen molar-refractivity contribution in [3.8, 4) is 0 Å². The number of carbonyl (C=O) groups excluding carboxylic acids is 1. The van der Waals surface area contributed by atoms with E-state index in [0.29, 0.717) is 30.5 Å². The Morgan fingerprint density at radius 3 is 2.95 bits per heavy atom. The van der Waals surface area contributed by atoms with Crippen LogP contribution in [0.4, 0.5) is 0 Å². The van der Waals surface area contributed by atoms with Gasteiger partial charge < -0.3 is 9.64 Å². The second-order valence-electron chi connectivity index (χ2n) is 7.00. The zero-order chi connectivity index (χ0) is 15.3. The van der Waals surface area contributed by atoms with Gasteiger partial charge in [-0.1, -0.05) is 6.92 Å². The van der Waals surface area contributed by atoms with E-state index in [4.69, 9.17) is 4.74 Å². The van der Waals surface area contributed by atoms with E-state index in [2.05, 4.69) is 22.2 Å². The van der Waals surface area contributed by atoms with Crippen LogP contribution in [-0.2, 0) is 16.1 Å². The summed E-state index contributed by atoms with van der Waals surface area (Å²) in [7, 11) is 0. The highest BCUT2D eigenvalue weighted by molar-refractivity contribution is 8.01. The zero-order valence-corrected chi connectivity index (χ0v) is 14.7. The van der Waals surface area contributed by atoms with E-state index in [1.807, 2.05) is 18.7 Å². The topological polar surface area (TPSA) is 42.4 Å². The molecule has 4 nitrogen and oxygen atoms in total. The van der Waals surface area contributed by atoms with Gasteiger partial charge >= 0.3 is 0 Å². The van der Waals surface area contributed by atoms with Crippen LogP contribution < -0.4 is 0 Å². The number of likely N-dealkylation sites (tertiary alicyclic amines) is 1. The Kier molecular flexibility index (Phi) is 3.74. The third-order valence-electron chi connectivity index (χ3n) is 5.00. The number of hydrogen-bond acceptors (Lipinski definition) is 5. The quantitative estimate of drug-likeness (QED) is 0.846. The monoisotopic (exact) mass is 338 g/mol. The molecule has 2 saturated heterocycles. The van der Waals surface area contributed by atoms with E-state index in [-0.39, 0.29) is 4.75 Å². The summed E-state index contributed by atoms with van der Waals surface area (Å²) < 4.78 is 6.30. The zero-order valence-electron chi connectivity index (χ0n) is 13.1. The Morgan fingerprint density at radius 2 is 2.32 bits per heavy atom. The largest absolute Gasteiger partial charge is 0.371 e. The van der Waals surface area contributed by atoms with Gasteiger partial charge in [-0.3, -0.25) is 4.79 Å². The molecule has 4 rings (SSSR count). The first-order valence-electron chi connectivity index (χ1n) is 8.00. The Balaban J connectivity index is 1.24. The summed E-state index contributed by atoms with van der Waals surface area (Å²) in [6.07, 6.45) is 2.48. The van der Waals surface area contributed by atoms with Crippen LogP contribution >= 0.6 is 23.1 Å². The van der Waals surface area contributed by atoms with Crippen molar-refractivity contribution in [2.24, 2.45) is 11.8 Å². The Hall–Kier alpha value is -0.590. The summed E-state index contributed by atoms with van der Waals surface area (Å²) in [6.45, 7) is 6.67. The van der Waals surface area contributed by atoms with Crippen LogP contribution in [0.1, 0.15) is 30.5 Å². The molecule has 6 heteroatoms. The number of thioether (sulfide) groups is 1. The predicted octanol–water partition coefficient (Wildman–Crippen LogP) is 2.71. The highest BCUT2D eigenvalue weighted by atomic mass is 32.2. The highest BCUT2D eigenvalue weighted by Crippen LogP contribution is 2.48. The van der Waals surface area contributed by atoms with Crippen LogP contribution in [-0.4, -0.2) is 45.5 Å². The number of nitrogens with zero attached hydrogens (tertiary/aromatic N) is 2. The van der Waals surface area contributed by atoms with Gasteiger partial charge in [0.05, 0.1) is 28.2 Å². The van der Waals surface area contributed by atoms with Gasteiger partial charge in [-0.25, -0.2) is 4.98 Å². The molecule has 1 aromatic heterocycles. The lowest BCUT2D eigenvalue weighted by Gasteiger charge is -2.47. The molecule has 1 saturated carbocycles. The van der Waals surface area contributed by atoms with Crippen molar-refractivity contribution < 1.29 is 9.53 Å². The van der Waals surface area contributed by atoms with Crippen molar-refractivity contribution in [2.75, 3.05) is 18.8 Å². The number of amides is 1. The van der Waals surface area contributed by atoms with Gasteiger partial charge in [-0.05, 0) is 25.7 Å². The molecule has 3 fully saturated rings. The first-order valence-corrected chi connectivity index (χ1v) is 9.86. The fraction of sp³-hybridized carbons (Fsp3) is 0.750. The maximum absolute atomic E-state index is 12.2. The van der Waals surface area contributed by atoms with E-state index in [9.17, 15) is 4.79 Å². The number of rotatable bonds is 4. The van der Waals surface area contributed by atoms with Gasteiger partial charge in [0.1, 0.15) is 0 Å². The molecule has 0 bridgehead atoms. The van der Waals surface area contributed by atoms with Crippen LogP contribution in [0, 0.1) is 18.8 Å². The van der Waals surface area contributed by atoms with Crippen molar-refractivity contribution in [3.05, 3.63) is 16.1 Å². The van der Waals surface area contributed by atoms with Gasteiger partial charge in [0.2, 0.25) is 5.91 Å². The molecule has 3 atom stereocenters. The summed E-state index contributed by atoms with van der Waals surface area (Å²) in [5.41, 5.74) is 1.04. The summed E-state index contributed by atoms with van der Waals surface area (Å²) in [5, 5.41) is 3.17. The van der Waals surface area contributed by atoms with Gasteiger partial charge in [0.15, 0.2) is 0 Å². The summed E-state index contributed by atoms with van der Waals surface area (Å²) >= 11 is 3.67. The molecule has 1 amide bonds.